The summed E-state index contributed by atoms with van der Waals surface area (Å²) in [5, 5.41) is 3.28. The number of thiazole rings is 1. The molecular weight excluding hydrogens is 324 g/mol. The van der Waals surface area contributed by atoms with Gasteiger partial charge in [0.2, 0.25) is 5.91 Å². The van der Waals surface area contributed by atoms with E-state index in [-0.39, 0.29) is 29.8 Å². The van der Waals surface area contributed by atoms with E-state index in [2.05, 4.69) is 10.3 Å². The number of carbonyl (C=O) groups excluding carboxylic acids is 1. The third kappa shape index (κ3) is 3.38. The molecule has 118 valence electrons. The third-order valence-electron chi connectivity index (χ3n) is 3.64. The minimum atomic E-state index is -2.95. The SMILES string of the molecule is COc1ccc2nc(NC(=O)C[C@@H]3CCS(=O)(=O)C3)sc2c1. The molecule has 0 saturated carbocycles. The Morgan fingerprint density at radius 2 is 2.32 bits per heavy atom. The van der Waals surface area contributed by atoms with Crippen LogP contribution in [0.25, 0.3) is 10.2 Å². The van der Waals surface area contributed by atoms with Crippen LogP contribution in [0.2, 0.25) is 0 Å². The van der Waals surface area contributed by atoms with E-state index in [0.29, 0.717) is 11.6 Å². The monoisotopic (exact) mass is 340 g/mol. The van der Waals surface area contributed by atoms with Gasteiger partial charge in [-0.1, -0.05) is 11.3 Å². The second-order valence-corrected chi connectivity index (χ2v) is 8.63. The Hall–Kier alpha value is -1.67. The van der Waals surface area contributed by atoms with Gasteiger partial charge in [0.25, 0.3) is 0 Å². The quantitative estimate of drug-likeness (QED) is 0.921. The summed E-state index contributed by atoms with van der Waals surface area (Å²) in [5.74, 6) is 0.765. The van der Waals surface area contributed by atoms with Crippen LogP contribution in [0.3, 0.4) is 0 Å². The summed E-state index contributed by atoms with van der Waals surface area (Å²) in [7, 11) is -1.35. The number of nitrogens with zero attached hydrogens (tertiary/aromatic N) is 1. The number of hydrogen-bond acceptors (Lipinski definition) is 6. The lowest BCUT2D eigenvalue weighted by Crippen LogP contribution is -2.17. The molecule has 6 nitrogen and oxygen atoms in total. The molecule has 0 radical (unpaired) electrons. The molecule has 0 spiro atoms. The number of methoxy groups -OCH3 is 1. The number of amides is 1. The number of hydrogen-bond donors (Lipinski definition) is 1. The highest BCUT2D eigenvalue weighted by atomic mass is 32.2. The molecule has 2 aromatic rings. The van der Waals surface area contributed by atoms with Gasteiger partial charge in [0.1, 0.15) is 5.75 Å². The van der Waals surface area contributed by atoms with Crippen molar-refractivity contribution >= 4 is 42.4 Å². The lowest BCUT2D eigenvalue weighted by molar-refractivity contribution is -0.116. The Balaban J connectivity index is 1.66. The summed E-state index contributed by atoms with van der Waals surface area (Å²) >= 11 is 1.37. The van der Waals surface area contributed by atoms with Crippen LogP contribution < -0.4 is 10.1 Å². The van der Waals surface area contributed by atoms with Gasteiger partial charge in [0, 0.05) is 6.42 Å². The van der Waals surface area contributed by atoms with E-state index in [1.807, 2.05) is 18.2 Å². The minimum Gasteiger partial charge on any atom is -0.497 e. The smallest absolute Gasteiger partial charge is 0.226 e. The van der Waals surface area contributed by atoms with Gasteiger partial charge in [-0.25, -0.2) is 13.4 Å². The van der Waals surface area contributed by atoms with E-state index in [4.69, 9.17) is 4.74 Å². The number of aromatic nitrogens is 1. The number of sulfone groups is 1. The van der Waals surface area contributed by atoms with E-state index in [1.54, 1.807) is 7.11 Å². The normalized spacial score (nSPS) is 20.1. The molecule has 1 saturated heterocycles. The van der Waals surface area contributed by atoms with Crippen molar-refractivity contribution in [3.8, 4) is 5.75 Å². The van der Waals surface area contributed by atoms with Crippen LogP contribution in [0.5, 0.6) is 5.75 Å². The minimum absolute atomic E-state index is 0.0838. The van der Waals surface area contributed by atoms with Crippen molar-refractivity contribution in [2.24, 2.45) is 5.92 Å². The Morgan fingerprint density at radius 1 is 1.50 bits per heavy atom. The first-order valence-corrected chi connectivity index (χ1v) is 9.54. The van der Waals surface area contributed by atoms with Crippen molar-refractivity contribution < 1.29 is 17.9 Å². The predicted molar refractivity (Wildman–Crippen MR) is 86.2 cm³/mol. The zero-order chi connectivity index (χ0) is 15.7. The van der Waals surface area contributed by atoms with Gasteiger partial charge in [0.05, 0.1) is 28.8 Å². The Morgan fingerprint density at radius 3 is 3.00 bits per heavy atom. The van der Waals surface area contributed by atoms with Gasteiger partial charge < -0.3 is 10.1 Å². The number of benzene rings is 1. The van der Waals surface area contributed by atoms with E-state index >= 15 is 0 Å². The second-order valence-electron chi connectivity index (χ2n) is 5.37. The topological polar surface area (TPSA) is 85.4 Å². The molecule has 1 amide bonds. The van der Waals surface area contributed by atoms with E-state index in [9.17, 15) is 13.2 Å². The summed E-state index contributed by atoms with van der Waals surface area (Å²) < 4.78 is 28.9. The Bertz CT molecular complexity index is 813. The molecule has 1 aliphatic heterocycles. The molecule has 8 heteroatoms. The first-order chi connectivity index (χ1) is 10.4. The fourth-order valence-electron chi connectivity index (χ4n) is 2.55. The third-order valence-corrected chi connectivity index (χ3v) is 6.41. The average Bonchev–Trinajstić information content (AvgIpc) is 2.99. The number of ether oxygens (including phenoxy) is 1. The maximum Gasteiger partial charge on any atom is 0.226 e. The Labute approximate surface area is 132 Å². The summed E-state index contributed by atoms with van der Waals surface area (Å²) in [6, 6.07) is 5.52. The molecule has 1 atom stereocenters. The lowest BCUT2D eigenvalue weighted by Gasteiger charge is -2.06. The van der Waals surface area contributed by atoms with Gasteiger partial charge in [-0.15, -0.1) is 0 Å². The standard InChI is InChI=1S/C14H16N2O4S2/c1-20-10-2-3-11-12(7-10)21-14(15-11)16-13(17)6-9-4-5-22(18,19)8-9/h2-3,7,9H,4-6,8H2,1H3,(H,15,16,17)/t9-/m0/s1. The van der Waals surface area contributed by atoms with Crippen LogP contribution in [-0.4, -0.2) is 37.9 Å². The maximum absolute atomic E-state index is 12.0. The highest BCUT2D eigenvalue weighted by molar-refractivity contribution is 7.91. The fraction of sp³-hybridized carbons (Fsp3) is 0.429. The van der Waals surface area contributed by atoms with Gasteiger partial charge in [-0.05, 0) is 30.5 Å². The summed E-state index contributed by atoms with van der Waals surface area (Å²) in [5.41, 5.74) is 0.796. The van der Waals surface area contributed by atoms with Crippen LogP contribution >= 0.6 is 11.3 Å². The van der Waals surface area contributed by atoms with Crippen LogP contribution in [0, 0.1) is 5.92 Å². The van der Waals surface area contributed by atoms with Crippen molar-refractivity contribution in [2.75, 3.05) is 23.9 Å². The average molecular weight is 340 g/mol. The highest BCUT2D eigenvalue weighted by Gasteiger charge is 2.29. The molecule has 0 aliphatic carbocycles. The first-order valence-electron chi connectivity index (χ1n) is 6.90. The molecule has 0 unspecified atom stereocenters. The number of rotatable bonds is 4. The van der Waals surface area contributed by atoms with Crippen molar-refractivity contribution in [1.82, 2.24) is 4.98 Å². The number of carbonyl (C=O) groups is 1. The van der Waals surface area contributed by atoms with Crippen molar-refractivity contribution in [3.63, 3.8) is 0 Å². The number of nitrogens with one attached hydrogen (secondary N) is 1. The first kappa shape index (κ1) is 15.2. The second kappa shape index (κ2) is 5.85. The van der Waals surface area contributed by atoms with Crippen molar-refractivity contribution in [3.05, 3.63) is 18.2 Å². The molecule has 1 aromatic heterocycles. The zero-order valence-electron chi connectivity index (χ0n) is 12.0. The molecule has 0 bridgehead atoms. The molecule has 1 fully saturated rings. The van der Waals surface area contributed by atoms with Crippen LogP contribution in [-0.2, 0) is 14.6 Å². The lowest BCUT2D eigenvalue weighted by atomic mass is 10.1. The van der Waals surface area contributed by atoms with Gasteiger partial charge in [0.15, 0.2) is 15.0 Å². The van der Waals surface area contributed by atoms with E-state index in [1.165, 1.54) is 11.3 Å². The maximum atomic E-state index is 12.0. The Kier molecular flexibility index (Phi) is 4.05. The van der Waals surface area contributed by atoms with Crippen LogP contribution in [0.15, 0.2) is 18.2 Å². The number of anilines is 1. The molecule has 1 aromatic carbocycles. The largest absolute Gasteiger partial charge is 0.497 e. The predicted octanol–water partition coefficient (Wildman–Crippen LogP) is 2.07. The van der Waals surface area contributed by atoms with Crippen molar-refractivity contribution in [2.45, 2.75) is 12.8 Å². The van der Waals surface area contributed by atoms with Crippen molar-refractivity contribution in [1.29, 1.82) is 0 Å². The van der Waals surface area contributed by atoms with Gasteiger partial charge >= 0.3 is 0 Å². The molecular formula is C14H16N2O4S2. The molecule has 1 N–H and O–H groups in total. The van der Waals surface area contributed by atoms with Gasteiger partial charge in [-0.2, -0.15) is 0 Å². The highest BCUT2D eigenvalue weighted by Crippen LogP contribution is 2.29. The molecule has 22 heavy (non-hydrogen) atoms. The molecule has 3 rings (SSSR count). The van der Waals surface area contributed by atoms with Gasteiger partial charge in [-0.3, -0.25) is 4.79 Å². The fourth-order valence-corrected chi connectivity index (χ4v) is 5.32. The van der Waals surface area contributed by atoms with E-state index < -0.39 is 9.84 Å². The molecule has 2 heterocycles. The molecule has 1 aliphatic rings. The summed E-state index contributed by atoms with van der Waals surface area (Å²) in [6.07, 6.45) is 0.783. The summed E-state index contributed by atoms with van der Waals surface area (Å²) in [4.78, 5) is 16.4. The van der Waals surface area contributed by atoms with Crippen LogP contribution in [0.4, 0.5) is 5.13 Å². The summed E-state index contributed by atoms with van der Waals surface area (Å²) in [6.45, 7) is 0. The number of fused-ring (bicyclic) bond motifs is 1. The van der Waals surface area contributed by atoms with E-state index in [0.717, 1.165) is 16.0 Å². The van der Waals surface area contributed by atoms with Crippen LogP contribution in [0.1, 0.15) is 12.8 Å². The zero-order valence-corrected chi connectivity index (χ0v) is 13.7.